The van der Waals surface area contributed by atoms with Crippen molar-refractivity contribution in [1.29, 1.82) is 0 Å². The Kier molecular flexibility index (Phi) is 4.24. The Hall–Kier alpha value is -0.540. The molecule has 1 aliphatic heterocycles. The third-order valence-corrected chi connectivity index (χ3v) is 4.06. The third-order valence-electron chi connectivity index (χ3n) is 3.36. The highest BCUT2D eigenvalue weighted by atomic mass is 79.9. The van der Waals surface area contributed by atoms with Crippen LogP contribution in [-0.2, 0) is 6.42 Å². The first-order chi connectivity index (χ1) is 7.77. The van der Waals surface area contributed by atoms with Crippen LogP contribution in [0.15, 0.2) is 22.7 Å². The van der Waals surface area contributed by atoms with Gasteiger partial charge in [-0.05, 0) is 72.3 Å². The minimum atomic E-state index is 0.826. The zero-order valence-corrected chi connectivity index (χ0v) is 11.1. The van der Waals surface area contributed by atoms with E-state index in [0.717, 1.165) is 22.5 Å². The number of rotatable bonds is 3. The average Bonchev–Trinajstić information content (AvgIpc) is 2.32. The molecule has 1 fully saturated rings. The summed E-state index contributed by atoms with van der Waals surface area (Å²) in [6.45, 7) is 2.36. The number of hydrogen-bond acceptors (Lipinski definition) is 2. The second kappa shape index (κ2) is 5.69. The van der Waals surface area contributed by atoms with Crippen LogP contribution in [0.4, 0.5) is 5.69 Å². The molecule has 3 N–H and O–H groups in total. The van der Waals surface area contributed by atoms with Gasteiger partial charge >= 0.3 is 0 Å². The molecule has 1 unspecified atom stereocenters. The maximum atomic E-state index is 6.04. The van der Waals surface area contributed by atoms with Gasteiger partial charge in [-0.1, -0.05) is 12.1 Å². The van der Waals surface area contributed by atoms with Crippen LogP contribution in [0.2, 0.25) is 0 Å². The fourth-order valence-corrected chi connectivity index (χ4v) is 2.74. The summed E-state index contributed by atoms with van der Waals surface area (Å²) in [6.07, 6.45) is 5.02. The largest absolute Gasteiger partial charge is 0.398 e. The van der Waals surface area contributed by atoms with Crippen molar-refractivity contribution < 1.29 is 0 Å². The van der Waals surface area contributed by atoms with Gasteiger partial charge in [0.25, 0.3) is 0 Å². The second-order valence-corrected chi connectivity index (χ2v) is 5.42. The predicted molar refractivity (Wildman–Crippen MR) is 72.5 cm³/mol. The summed E-state index contributed by atoms with van der Waals surface area (Å²) in [6, 6.07) is 6.20. The highest BCUT2D eigenvalue weighted by Crippen LogP contribution is 2.25. The molecular weight excluding hydrogens is 264 g/mol. The highest BCUT2D eigenvalue weighted by molar-refractivity contribution is 9.10. The first-order valence-electron chi connectivity index (χ1n) is 6.01. The maximum absolute atomic E-state index is 6.04. The molecule has 16 heavy (non-hydrogen) atoms. The molecule has 1 saturated heterocycles. The van der Waals surface area contributed by atoms with Gasteiger partial charge in [-0.3, -0.25) is 0 Å². The van der Waals surface area contributed by atoms with Crippen LogP contribution in [0, 0.1) is 5.92 Å². The van der Waals surface area contributed by atoms with E-state index in [0.29, 0.717) is 0 Å². The van der Waals surface area contributed by atoms with E-state index in [9.17, 15) is 0 Å². The topological polar surface area (TPSA) is 38.0 Å². The van der Waals surface area contributed by atoms with Crippen molar-refractivity contribution in [3.05, 3.63) is 28.2 Å². The standard InChI is InChI=1S/C13H19BrN2/c14-12-5-1-4-11(13(12)15)7-6-10-3-2-8-16-9-10/h1,4-5,10,16H,2-3,6-9,15H2. The van der Waals surface area contributed by atoms with Gasteiger partial charge in [-0.25, -0.2) is 0 Å². The number of nitrogens with two attached hydrogens (primary N) is 1. The zero-order valence-electron chi connectivity index (χ0n) is 9.51. The number of anilines is 1. The van der Waals surface area contributed by atoms with Crippen molar-refractivity contribution in [2.24, 2.45) is 5.92 Å². The second-order valence-electron chi connectivity index (χ2n) is 4.56. The van der Waals surface area contributed by atoms with Crippen LogP contribution < -0.4 is 11.1 Å². The molecule has 0 radical (unpaired) electrons. The lowest BCUT2D eigenvalue weighted by molar-refractivity contribution is 0.358. The number of benzene rings is 1. The SMILES string of the molecule is Nc1c(Br)cccc1CCC1CCCNC1. The van der Waals surface area contributed by atoms with Crippen LogP contribution in [0.3, 0.4) is 0 Å². The van der Waals surface area contributed by atoms with Gasteiger partial charge in [0.15, 0.2) is 0 Å². The first-order valence-corrected chi connectivity index (χ1v) is 6.80. The molecule has 1 atom stereocenters. The van der Waals surface area contributed by atoms with Crippen LogP contribution in [0.25, 0.3) is 0 Å². The zero-order chi connectivity index (χ0) is 11.4. The summed E-state index contributed by atoms with van der Waals surface area (Å²) in [7, 11) is 0. The molecule has 0 aliphatic carbocycles. The third kappa shape index (κ3) is 2.98. The van der Waals surface area contributed by atoms with E-state index in [4.69, 9.17) is 5.73 Å². The number of para-hydroxylation sites is 1. The first kappa shape index (κ1) is 11.9. The monoisotopic (exact) mass is 282 g/mol. The summed E-state index contributed by atoms with van der Waals surface area (Å²) < 4.78 is 1.02. The molecular formula is C13H19BrN2. The van der Waals surface area contributed by atoms with Crippen molar-refractivity contribution in [3.8, 4) is 0 Å². The molecule has 3 heteroatoms. The van der Waals surface area contributed by atoms with E-state index in [2.05, 4.69) is 33.4 Å². The summed E-state index contributed by atoms with van der Waals surface area (Å²) in [5, 5.41) is 3.46. The Morgan fingerprint density at radius 3 is 3.06 bits per heavy atom. The van der Waals surface area contributed by atoms with Crippen LogP contribution in [0.5, 0.6) is 0 Å². The molecule has 0 amide bonds. The Labute approximate surface area is 106 Å². The summed E-state index contributed by atoms with van der Waals surface area (Å²) in [4.78, 5) is 0. The van der Waals surface area contributed by atoms with Gasteiger partial charge < -0.3 is 11.1 Å². The molecule has 2 rings (SSSR count). The quantitative estimate of drug-likeness (QED) is 0.837. The van der Waals surface area contributed by atoms with Crippen LogP contribution >= 0.6 is 15.9 Å². The molecule has 0 bridgehead atoms. The van der Waals surface area contributed by atoms with E-state index in [1.165, 1.54) is 37.9 Å². The Morgan fingerprint density at radius 2 is 2.31 bits per heavy atom. The molecule has 0 spiro atoms. The minimum absolute atomic E-state index is 0.826. The molecule has 0 saturated carbocycles. The number of halogens is 1. The average molecular weight is 283 g/mol. The highest BCUT2D eigenvalue weighted by Gasteiger charge is 2.13. The predicted octanol–water partition coefficient (Wildman–Crippen LogP) is 2.96. The normalized spacial score (nSPS) is 20.9. The minimum Gasteiger partial charge on any atom is -0.398 e. The van der Waals surface area contributed by atoms with Crippen molar-refractivity contribution in [1.82, 2.24) is 5.32 Å². The summed E-state index contributed by atoms with van der Waals surface area (Å²) in [5.41, 5.74) is 8.22. The molecule has 2 nitrogen and oxygen atoms in total. The van der Waals surface area contributed by atoms with E-state index in [1.807, 2.05) is 6.07 Å². The number of nitrogen functional groups attached to an aromatic ring is 1. The lowest BCUT2D eigenvalue weighted by atomic mass is 9.92. The van der Waals surface area contributed by atoms with Gasteiger partial charge in [-0.2, -0.15) is 0 Å². The number of nitrogens with one attached hydrogen (secondary N) is 1. The van der Waals surface area contributed by atoms with E-state index in [-0.39, 0.29) is 0 Å². The lowest BCUT2D eigenvalue weighted by Crippen LogP contribution is -2.29. The van der Waals surface area contributed by atoms with Crippen molar-refractivity contribution in [2.45, 2.75) is 25.7 Å². The van der Waals surface area contributed by atoms with Gasteiger partial charge in [0.05, 0.1) is 0 Å². The molecule has 1 aliphatic rings. The number of aryl methyl sites for hydroxylation is 1. The van der Waals surface area contributed by atoms with E-state index >= 15 is 0 Å². The molecule has 1 aromatic rings. The van der Waals surface area contributed by atoms with Crippen molar-refractivity contribution in [3.63, 3.8) is 0 Å². The van der Waals surface area contributed by atoms with Gasteiger partial charge in [-0.15, -0.1) is 0 Å². The number of hydrogen-bond donors (Lipinski definition) is 2. The van der Waals surface area contributed by atoms with Crippen molar-refractivity contribution in [2.75, 3.05) is 18.8 Å². The molecule has 1 aromatic carbocycles. The fraction of sp³-hybridized carbons (Fsp3) is 0.538. The van der Waals surface area contributed by atoms with Gasteiger partial charge in [0.1, 0.15) is 0 Å². The van der Waals surface area contributed by atoms with Gasteiger partial charge in [0.2, 0.25) is 0 Å². The molecule has 1 heterocycles. The maximum Gasteiger partial charge on any atom is 0.0491 e. The molecule has 0 aromatic heterocycles. The smallest absolute Gasteiger partial charge is 0.0491 e. The van der Waals surface area contributed by atoms with E-state index < -0.39 is 0 Å². The van der Waals surface area contributed by atoms with Crippen LogP contribution in [-0.4, -0.2) is 13.1 Å². The molecule has 88 valence electrons. The lowest BCUT2D eigenvalue weighted by Gasteiger charge is -2.22. The summed E-state index contributed by atoms with van der Waals surface area (Å²) in [5.74, 6) is 0.826. The van der Waals surface area contributed by atoms with Crippen LogP contribution in [0.1, 0.15) is 24.8 Å². The van der Waals surface area contributed by atoms with Gasteiger partial charge in [0, 0.05) is 10.2 Å². The van der Waals surface area contributed by atoms with E-state index in [1.54, 1.807) is 0 Å². The number of piperidine rings is 1. The fourth-order valence-electron chi connectivity index (χ4n) is 2.33. The Balaban J connectivity index is 1.91. The Morgan fingerprint density at radius 1 is 1.44 bits per heavy atom. The summed E-state index contributed by atoms with van der Waals surface area (Å²) >= 11 is 3.47. The Bertz CT molecular complexity index is 346. The van der Waals surface area contributed by atoms with Crippen molar-refractivity contribution >= 4 is 21.6 Å².